The molecule has 280 valence electrons. The van der Waals surface area contributed by atoms with Crippen LogP contribution in [0.3, 0.4) is 0 Å². The van der Waals surface area contributed by atoms with Crippen molar-refractivity contribution in [3.63, 3.8) is 0 Å². The van der Waals surface area contributed by atoms with E-state index in [1.807, 2.05) is 0 Å². The second-order valence-corrected chi connectivity index (χ2v) is 17.9. The molecule has 0 amide bonds. The molecule has 1 aromatic heterocycles. The lowest BCUT2D eigenvalue weighted by Gasteiger charge is -2.62. The zero-order valence-corrected chi connectivity index (χ0v) is 33.5. The number of rotatable bonds is 5. The number of hydrogen-bond acceptors (Lipinski definition) is 6. The van der Waals surface area contributed by atoms with Crippen LogP contribution >= 0.6 is 0 Å². The lowest BCUT2D eigenvalue weighted by Crippen LogP contribution is -2.71. The van der Waals surface area contributed by atoms with Crippen molar-refractivity contribution in [3.05, 3.63) is 169 Å². The molecule has 6 heteroatoms. The van der Waals surface area contributed by atoms with Crippen LogP contribution in [-0.2, 0) is 16.2 Å². The molecule has 3 aliphatic heterocycles. The standard InChI is InChI=1S/C50H50N6/c1-9-49(7)36-27-17-19-29-38(36)56-44-43(51-41-42(52-44)48(5,6)32-47(41,3)4)54(35-25-14-11-15-26-35)46(56)50(49,8)45-53(34-23-12-10-13-24-34)39-30-20-21-31-40(39)55(45)37-28-18-16-22-33(37)2/h9-31,45-46H,1,32H2,2-8H3. The van der Waals surface area contributed by atoms with E-state index in [1.54, 1.807) is 0 Å². The monoisotopic (exact) mass is 734 g/mol. The highest BCUT2D eigenvalue weighted by Crippen LogP contribution is 2.68. The van der Waals surface area contributed by atoms with Gasteiger partial charge in [-0.3, -0.25) is 0 Å². The maximum absolute atomic E-state index is 5.78. The van der Waals surface area contributed by atoms with Gasteiger partial charge in [-0.2, -0.15) is 0 Å². The van der Waals surface area contributed by atoms with E-state index in [0.29, 0.717) is 0 Å². The number of nitrogens with zero attached hydrogens (tertiary/aromatic N) is 6. The van der Waals surface area contributed by atoms with E-state index in [2.05, 4.69) is 208 Å². The summed E-state index contributed by atoms with van der Waals surface area (Å²) in [5.74, 6) is 1.82. The molecule has 4 aliphatic rings. The van der Waals surface area contributed by atoms with Gasteiger partial charge in [-0.1, -0.05) is 133 Å². The zero-order valence-electron chi connectivity index (χ0n) is 33.5. The van der Waals surface area contributed by atoms with Crippen LogP contribution in [0.4, 0.5) is 45.8 Å². The van der Waals surface area contributed by atoms with Gasteiger partial charge in [-0.15, -0.1) is 6.58 Å². The molecule has 0 N–H and O–H groups in total. The SMILES string of the molecule is C=CC1(C)c2ccccc2N2c3nc4c(nc3N(c3ccccc3)C2C1(C)C1N(c2ccccc2)c2ccccc2N1c1ccccc1C)C(C)(C)CC4(C)C. The van der Waals surface area contributed by atoms with Gasteiger partial charge < -0.3 is 19.6 Å². The highest BCUT2D eigenvalue weighted by molar-refractivity contribution is 5.92. The Bertz CT molecular complexity index is 2530. The molecule has 56 heavy (non-hydrogen) atoms. The quantitative estimate of drug-likeness (QED) is 0.164. The van der Waals surface area contributed by atoms with E-state index in [0.717, 1.165) is 46.5 Å². The summed E-state index contributed by atoms with van der Waals surface area (Å²) in [6, 6.07) is 48.5. The number of para-hydroxylation sites is 6. The summed E-state index contributed by atoms with van der Waals surface area (Å²) in [5.41, 5.74) is 10.1. The predicted octanol–water partition coefficient (Wildman–Crippen LogP) is 12.1. The number of aromatic nitrogens is 2. The van der Waals surface area contributed by atoms with E-state index in [9.17, 15) is 0 Å². The van der Waals surface area contributed by atoms with E-state index in [4.69, 9.17) is 16.5 Å². The second kappa shape index (κ2) is 11.8. The third-order valence-electron chi connectivity index (χ3n) is 13.6. The average Bonchev–Trinajstić information content (AvgIpc) is 3.80. The largest absolute Gasteiger partial charge is 0.317 e. The molecular weight excluding hydrogens is 685 g/mol. The van der Waals surface area contributed by atoms with Crippen LogP contribution < -0.4 is 19.6 Å². The highest BCUT2D eigenvalue weighted by atomic mass is 15.5. The van der Waals surface area contributed by atoms with Crippen LogP contribution in [-0.4, -0.2) is 22.3 Å². The first-order chi connectivity index (χ1) is 26.9. The maximum Gasteiger partial charge on any atom is 0.179 e. The van der Waals surface area contributed by atoms with Crippen molar-refractivity contribution in [1.29, 1.82) is 0 Å². The number of benzene rings is 5. The molecular formula is C50H50N6. The lowest BCUT2D eigenvalue weighted by atomic mass is 9.55. The Balaban J connectivity index is 1.35. The molecule has 1 aliphatic carbocycles. The number of aryl methyl sites for hydroxylation is 1. The summed E-state index contributed by atoms with van der Waals surface area (Å²) in [5, 5.41) is 0. The minimum Gasteiger partial charge on any atom is -0.317 e. The summed E-state index contributed by atoms with van der Waals surface area (Å²) in [4.78, 5) is 21.8. The van der Waals surface area contributed by atoms with Gasteiger partial charge in [0.25, 0.3) is 0 Å². The number of allylic oxidation sites excluding steroid dienone is 1. The van der Waals surface area contributed by atoms with Gasteiger partial charge in [0, 0.05) is 39.0 Å². The number of hydrogen-bond donors (Lipinski definition) is 0. The van der Waals surface area contributed by atoms with E-state index >= 15 is 0 Å². The van der Waals surface area contributed by atoms with Crippen LogP contribution in [0.25, 0.3) is 0 Å². The molecule has 4 unspecified atom stereocenters. The Morgan fingerprint density at radius 3 is 1.54 bits per heavy atom. The molecule has 4 heterocycles. The third-order valence-corrected chi connectivity index (χ3v) is 13.6. The highest BCUT2D eigenvalue weighted by Gasteiger charge is 2.69. The minimum atomic E-state index is -0.645. The fourth-order valence-corrected chi connectivity index (χ4v) is 11.1. The summed E-state index contributed by atoms with van der Waals surface area (Å²) in [7, 11) is 0. The van der Waals surface area contributed by atoms with Crippen LogP contribution in [0.15, 0.2) is 146 Å². The van der Waals surface area contributed by atoms with E-state index in [-0.39, 0.29) is 23.2 Å². The van der Waals surface area contributed by atoms with Gasteiger partial charge in [0.1, 0.15) is 12.3 Å². The van der Waals surface area contributed by atoms with Gasteiger partial charge in [0.05, 0.1) is 28.2 Å². The van der Waals surface area contributed by atoms with Crippen molar-refractivity contribution in [2.75, 3.05) is 19.6 Å². The van der Waals surface area contributed by atoms with Gasteiger partial charge >= 0.3 is 0 Å². The summed E-state index contributed by atoms with van der Waals surface area (Å²) in [6.07, 6.45) is 2.70. The van der Waals surface area contributed by atoms with E-state index in [1.165, 1.54) is 28.2 Å². The van der Waals surface area contributed by atoms with Crippen LogP contribution in [0, 0.1) is 12.3 Å². The lowest BCUT2D eigenvalue weighted by molar-refractivity contribution is 0.111. The van der Waals surface area contributed by atoms with Crippen LogP contribution in [0.5, 0.6) is 0 Å². The molecule has 0 saturated heterocycles. The Labute approximate surface area is 331 Å². The van der Waals surface area contributed by atoms with Gasteiger partial charge in [0.2, 0.25) is 0 Å². The third kappa shape index (κ3) is 4.44. The molecule has 6 aromatic rings. The molecule has 0 saturated carbocycles. The smallest absolute Gasteiger partial charge is 0.179 e. The average molecular weight is 735 g/mol. The van der Waals surface area contributed by atoms with Crippen molar-refractivity contribution in [1.82, 2.24) is 9.97 Å². The van der Waals surface area contributed by atoms with Crippen molar-refractivity contribution >= 4 is 45.8 Å². The first-order valence-corrected chi connectivity index (χ1v) is 20.0. The maximum atomic E-state index is 5.78. The number of fused-ring (bicyclic) bond motifs is 7. The second-order valence-electron chi connectivity index (χ2n) is 17.9. The Kier molecular flexibility index (Phi) is 7.30. The molecule has 0 fully saturated rings. The molecule has 10 rings (SSSR count). The normalized spacial score (nSPS) is 25.0. The van der Waals surface area contributed by atoms with Crippen molar-refractivity contribution in [2.24, 2.45) is 5.41 Å². The van der Waals surface area contributed by atoms with Gasteiger partial charge in [-0.05, 0) is 73.0 Å². The van der Waals surface area contributed by atoms with Crippen molar-refractivity contribution in [2.45, 2.75) is 83.5 Å². The zero-order chi connectivity index (χ0) is 38.8. The topological polar surface area (TPSA) is 38.7 Å². The fourth-order valence-electron chi connectivity index (χ4n) is 11.1. The van der Waals surface area contributed by atoms with Crippen molar-refractivity contribution in [3.8, 4) is 0 Å². The van der Waals surface area contributed by atoms with Crippen LogP contribution in [0.2, 0.25) is 0 Å². The van der Waals surface area contributed by atoms with E-state index < -0.39 is 10.8 Å². The molecule has 0 bridgehead atoms. The first kappa shape index (κ1) is 34.6. The fraction of sp³-hybridized carbons (Fsp3) is 0.280. The van der Waals surface area contributed by atoms with Crippen molar-refractivity contribution < 1.29 is 0 Å². The first-order valence-electron chi connectivity index (χ1n) is 20.0. The summed E-state index contributed by atoms with van der Waals surface area (Å²) in [6.45, 7) is 21.2. The predicted molar refractivity (Wildman–Crippen MR) is 231 cm³/mol. The Hall–Kier alpha value is -5.88. The summed E-state index contributed by atoms with van der Waals surface area (Å²) < 4.78 is 0. The minimum absolute atomic E-state index is 0.121. The molecule has 4 atom stereocenters. The van der Waals surface area contributed by atoms with Gasteiger partial charge in [-0.25, -0.2) is 9.97 Å². The molecule has 0 spiro atoms. The molecule has 5 aromatic carbocycles. The Morgan fingerprint density at radius 1 is 0.518 bits per heavy atom. The Morgan fingerprint density at radius 2 is 0.964 bits per heavy atom. The summed E-state index contributed by atoms with van der Waals surface area (Å²) >= 11 is 0. The van der Waals surface area contributed by atoms with Crippen LogP contribution in [0.1, 0.15) is 70.5 Å². The molecule has 6 nitrogen and oxygen atoms in total. The van der Waals surface area contributed by atoms with Gasteiger partial charge in [0.15, 0.2) is 11.6 Å². The molecule has 0 radical (unpaired) electrons. The number of anilines is 8.